The Balaban J connectivity index is 1.55. The van der Waals surface area contributed by atoms with Crippen LogP contribution in [0, 0.1) is 11.7 Å². The molecule has 1 aliphatic rings. The topological polar surface area (TPSA) is 66.5 Å². The van der Waals surface area contributed by atoms with Crippen molar-refractivity contribution in [1.82, 2.24) is 9.62 Å². The fourth-order valence-corrected chi connectivity index (χ4v) is 5.66. The molecule has 0 unspecified atom stereocenters. The molecule has 0 radical (unpaired) electrons. The molecule has 0 aromatic heterocycles. The van der Waals surface area contributed by atoms with Crippen molar-refractivity contribution in [3.8, 4) is 0 Å². The van der Waals surface area contributed by atoms with Gasteiger partial charge in [0.2, 0.25) is 15.9 Å². The van der Waals surface area contributed by atoms with Gasteiger partial charge in [-0.3, -0.25) is 4.79 Å². The van der Waals surface area contributed by atoms with Gasteiger partial charge in [-0.15, -0.1) is 0 Å². The maximum Gasteiger partial charge on any atom is 0.224 e. The third kappa shape index (κ3) is 6.17. The molecule has 1 heterocycles. The number of halogens is 3. The smallest absolute Gasteiger partial charge is 0.224 e. The van der Waals surface area contributed by atoms with Crippen LogP contribution in [0.2, 0.25) is 10.0 Å². The molecule has 0 aliphatic carbocycles. The Morgan fingerprint density at radius 3 is 2.60 bits per heavy atom. The first-order valence-electron chi connectivity index (χ1n) is 9.68. The van der Waals surface area contributed by atoms with Gasteiger partial charge in [0.05, 0.1) is 11.7 Å². The van der Waals surface area contributed by atoms with Crippen LogP contribution in [0.25, 0.3) is 0 Å². The minimum Gasteiger partial charge on any atom is -0.355 e. The molecule has 0 saturated carbocycles. The normalized spacial score (nSPS) is 17.6. The van der Waals surface area contributed by atoms with E-state index in [1.807, 2.05) is 0 Å². The summed E-state index contributed by atoms with van der Waals surface area (Å²) >= 11 is 12.0. The van der Waals surface area contributed by atoms with Crippen molar-refractivity contribution in [2.24, 2.45) is 5.92 Å². The van der Waals surface area contributed by atoms with Gasteiger partial charge in [-0.05, 0) is 54.7 Å². The zero-order valence-electron chi connectivity index (χ0n) is 16.3. The van der Waals surface area contributed by atoms with Crippen LogP contribution < -0.4 is 5.32 Å². The number of piperidine rings is 1. The summed E-state index contributed by atoms with van der Waals surface area (Å²) in [5, 5.41) is 3.61. The highest BCUT2D eigenvalue weighted by atomic mass is 35.5. The lowest BCUT2D eigenvalue weighted by molar-refractivity contribution is -0.126. The zero-order valence-corrected chi connectivity index (χ0v) is 18.6. The fraction of sp³-hybridized carbons (Fsp3) is 0.381. The van der Waals surface area contributed by atoms with Crippen LogP contribution in [-0.4, -0.2) is 38.3 Å². The van der Waals surface area contributed by atoms with E-state index < -0.39 is 15.9 Å². The molecule has 2 aromatic carbocycles. The maximum absolute atomic E-state index is 13.0. The Hall–Kier alpha value is -1.67. The first-order chi connectivity index (χ1) is 14.2. The van der Waals surface area contributed by atoms with E-state index in [-0.39, 0.29) is 24.0 Å². The van der Waals surface area contributed by atoms with Crippen molar-refractivity contribution >= 4 is 39.1 Å². The lowest BCUT2D eigenvalue weighted by atomic mass is 9.99. The highest BCUT2D eigenvalue weighted by Crippen LogP contribution is 2.26. The Kier molecular flexibility index (Phi) is 7.74. The highest BCUT2D eigenvalue weighted by Gasteiger charge is 2.32. The number of hydrogen-bond donors (Lipinski definition) is 1. The molecule has 1 fully saturated rings. The van der Waals surface area contributed by atoms with Crippen molar-refractivity contribution < 1.29 is 17.6 Å². The summed E-state index contributed by atoms with van der Waals surface area (Å²) in [5.74, 6) is -1.10. The van der Waals surface area contributed by atoms with Gasteiger partial charge in [0.1, 0.15) is 5.82 Å². The largest absolute Gasteiger partial charge is 0.355 e. The molecule has 2 aromatic rings. The van der Waals surface area contributed by atoms with Crippen molar-refractivity contribution in [3.05, 3.63) is 69.5 Å². The SMILES string of the molecule is O=C(NCCc1ccc(F)cc1)[C@H]1CCCN(S(=O)(=O)Cc2ccc(Cl)cc2Cl)C1. The number of nitrogens with zero attached hydrogens (tertiary/aromatic N) is 1. The molecule has 30 heavy (non-hydrogen) atoms. The summed E-state index contributed by atoms with van der Waals surface area (Å²) in [7, 11) is -3.62. The summed E-state index contributed by atoms with van der Waals surface area (Å²) < 4.78 is 40.0. The standard InChI is InChI=1S/C21H23Cl2FN2O3S/c22-18-6-5-17(20(23)12-18)14-30(28,29)26-11-1-2-16(13-26)21(27)25-10-9-15-3-7-19(24)8-4-15/h3-8,12,16H,1-2,9-11,13-14H2,(H,25,27)/t16-/m0/s1. The quantitative estimate of drug-likeness (QED) is 0.661. The van der Waals surface area contributed by atoms with E-state index in [1.165, 1.54) is 22.5 Å². The third-order valence-corrected chi connectivity index (χ3v) is 7.51. The number of carbonyl (C=O) groups excluding carboxylic acids is 1. The minimum absolute atomic E-state index is 0.149. The van der Waals surface area contributed by atoms with Gasteiger partial charge in [-0.25, -0.2) is 17.1 Å². The van der Waals surface area contributed by atoms with Gasteiger partial charge in [-0.2, -0.15) is 0 Å². The van der Waals surface area contributed by atoms with Crippen LogP contribution in [0.4, 0.5) is 4.39 Å². The highest BCUT2D eigenvalue weighted by molar-refractivity contribution is 7.88. The van der Waals surface area contributed by atoms with Crippen LogP contribution in [0.15, 0.2) is 42.5 Å². The molecular weight excluding hydrogens is 450 g/mol. The molecule has 9 heteroatoms. The Morgan fingerprint density at radius 1 is 1.17 bits per heavy atom. The number of nitrogens with one attached hydrogen (secondary N) is 1. The molecule has 1 atom stereocenters. The molecule has 1 N–H and O–H groups in total. The van der Waals surface area contributed by atoms with Crippen LogP contribution in [0.1, 0.15) is 24.0 Å². The number of benzene rings is 2. The lowest BCUT2D eigenvalue weighted by Gasteiger charge is -2.31. The number of carbonyl (C=O) groups is 1. The minimum atomic E-state index is -3.62. The predicted molar refractivity (Wildman–Crippen MR) is 116 cm³/mol. The summed E-state index contributed by atoms with van der Waals surface area (Å²) in [6.07, 6.45) is 1.83. The summed E-state index contributed by atoms with van der Waals surface area (Å²) in [5.41, 5.74) is 1.40. The molecule has 1 aliphatic heterocycles. The van der Waals surface area contributed by atoms with E-state index in [9.17, 15) is 17.6 Å². The van der Waals surface area contributed by atoms with Crippen molar-refractivity contribution in [1.29, 1.82) is 0 Å². The third-order valence-electron chi connectivity index (χ3n) is 5.13. The Labute approximate surface area is 186 Å². The second kappa shape index (κ2) is 10.1. The second-order valence-electron chi connectivity index (χ2n) is 7.36. The van der Waals surface area contributed by atoms with Crippen molar-refractivity contribution in [2.75, 3.05) is 19.6 Å². The number of hydrogen-bond acceptors (Lipinski definition) is 3. The molecule has 3 rings (SSSR count). The average Bonchev–Trinajstić information content (AvgIpc) is 2.71. The Bertz CT molecular complexity index is 1000. The van der Waals surface area contributed by atoms with E-state index in [2.05, 4.69) is 5.32 Å². The van der Waals surface area contributed by atoms with E-state index in [0.717, 1.165) is 5.56 Å². The fourth-order valence-electron chi connectivity index (χ4n) is 3.46. The molecule has 0 spiro atoms. The molecule has 5 nitrogen and oxygen atoms in total. The summed E-state index contributed by atoms with van der Waals surface area (Å²) in [6, 6.07) is 10.8. The number of rotatable bonds is 7. The van der Waals surface area contributed by atoms with Crippen LogP contribution in [-0.2, 0) is 27.0 Å². The van der Waals surface area contributed by atoms with Crippen molar-refractivity contribution in [3.63, 3.8) is 0 Å². The molecule has 162 valence electrons. The van der Waals surface area contributed by atoms with Gasteiger partial charge in [0.15, 0.2) is 0 Å². The average molecular weight is 473 g/mol. The summed E-state index contributed by atoms with van der Waals surface area (Å²) in [4.78, 5) is 12.5. The molecule has 1 amide bonds. The first-order valence-corrected chi connectivity index (χ1v) is 12.0. The number of sulfonamides is 1. The van der Waals surface area contributed by atoms with Gasteiger partial charge in [0.25, 0.3) is 0 Å². The van der Waals surface area contributed by atoms with Gasteiger partial charge < -0.3 is 5.32 Å². The monoisotopic (exact) mass is 472 g/mol. The van der Waals surface area contributed by atoms with Gasteiger partial charge in [0, 0.05) is 29.7 Å². The lowest BCUT2D eigenvalue weighted by Crippen LogP contribution is -2.46. The van der Waals surface area contributed by atoms with Crippen molar-refractivity contribution in [2.45, 2.75) is 25.0 Å². The first kappa shape index (κ1) is 23.0. The molecular formula is C21H23Cl2FN2O3S. The van der Waals surface area contributed by atoms with Crippen LogP contribution in [0.3, 0.4) is 0 Å². The zero-order chi connectivity index (χ0) is 21.7. The van der Waals surface area contributed by atoms with Gasteiger partial charge >= 0.3 is 0 Å². The van der Waals surface area contributed by atoms with Gasteiger partial charge in [-0.1, -0.05) is 41.4 Å². The van der Waals surface area contributed by atoms with E-state index in [0.29, 0.717) is 48.0 Å². The second-order valence-corrected chi connectivity index (χ2v) is 10.2. The van der Waals surface area contributed by atoms with E-state index >= 15 is 0 Å². The number of amides is 1. The van der Waals surface area contributed by atoms with Crippen LogP contribution >= 0.6 is 23.2 Å². The molecule has 0 bridgehead atoms. The molecule has 1 saturated heterocycles. The summed E-state index contributed by atoms with van der Waals surface area (Å²) in [6.45, 7) is 0.941. The predicted octanol–water partition coefficient (Wildman–Crippen LogP) is 4.03. The van der Waals surface area contributed by atoms with E-state index in [4.69, 9.17) is 23.2 Å². The van der Waals surface area contributed by atoms with Crippen LogP contribution in [0.5, 0.6) is 0 Å². The Morgan fingerprint density at radius 2 is 1.90 bits per heavy atom. The van der Waals surface area contributed by atoms with E-state index in [1.54, 1.807) is 24.3 Å². The maximum atomic E-state index is 13.0.